The lowest BCUT2D eigenvalue weighted by Crippen LogP contribution is -2.34. The van der Waals surface area contributed by atoms with Gasteiger partial charge in [-0.05, 0) is 41.8 Å². The van der Waals surface area contributed by atoms with Crippen molar-refractivity contribution < 1.29 is 4.79 Å². The van der Waals surface area contributed by atoms with E-state index >= 15 is 0 Å². The zero-order valence-electron chi connectivity index (χ0n) is 17.6. The number of aromatic nitrogens is 2. The van der Waals surface area contributed by atoms with E-state index in [9.17, 15) is 14.9 Å². The zero-order valence-corrected chi connectivity index (χ0v) is 18.5. The Kier molecular flexibility index (Phi) is 6.88. The van der Waals surface area contributed by atoms with E-state index in [0.717, 1.165) is 22.5 Å². The van der Waals surface area contributed by atoms with Crippen LogP contribution in [0.3, 0.4) is 0 Å². The van der Waals surface area contributed by atoms with Gasteiger partial charge < -0.3 is 5.32 Å². The topological polar surface area (TPSA) is 87.8 Å². The summed E-state index contributed by atoms with van der Waals surface area (Å²) >= 11 is 1.11. The third kappa shape index (κ3) is 5.14. The average Bonchev–Trinajstić information content (AvgIpc) is 3.16. The van der Waals surface area contributed by atoms with Gasteiger partial charge in [0.15, 0.2) is 5.57 Å². The van der Waals surface area contributed by atoms with Crippen LogP contribution in [0, 0.1) is 11.3 Å². The molecule has 0 atom stereocenters. The van der Waals surface area contributed by atoms with Gasteiger partial charge in [-0.2, -0.15) is 5.26 Å². The lowest BCUT2D eigenvalue weighted by atomic mass is 10.1. The van der Waals surface area contributed by atoms with Crippen LogP contribution in [0.5, 0.6) is 0 Å². The number of para-hydroxylation sites is 1. The van der Waals surface area contributed by atoms with Gasteiger partial charge >= 0.3 is 0 Å². The summed E-state index contributed by atoms with van der Waals surface area (Å²) < 4.78 is 2.12. The highest BCUT2D eigenvalue weighted by atomic mass is 32.1. The Morgan fingerprint density at radius 1 is 1.06 bits per heavy atom. The van der Waals surface area contributed by atoms with Crippen molar-refractivity contribution in [1.82, 2.24) is 14.9 Å². The molecule has 0 unspecified atom stereocenters. The normalized spacial score (nSPS) is 12.2. The minimum atomic E-state index is -0.507. The maximum Gasteiger partial charge on any atom is 0.273 e. The summed E-state index contributed by atoms with van der Waals surface area (Å²) in [6.07, 6.45) is 5.66. The van der Waals surface area contributed by atoms with E-state index in [1.807, 2.05) is 48.5 Å². The molecule has 0 saturated heterocycles. The van der Waals surface area contributed by atoms with E-state index in [1.54, 1.807) is 48.8 Å². The predicted molar refractivity (Wildman–Crippen MR) is 129 cm³/mol. The molecule has 1 N–H and O–H groups in total. The average molecular weight is 453 g/mol. The van der Waals surface area contributed by atoms with E-state index < -0.39 is 5.91 Å². The third-order valence-corrected chi connectivity index (χ3v) is 6.01. The van der Waals surface area contributed by atoms with Crippen molar-refractivity contribution in [3.8, 4) is 11.8 Å². The number of nitrogens with zero attached hydrogens (tertiary/aromatic N) is 3. The predicted octanol–water partition coefficient (Wildman–Crippen LogP) is 2.16. The van der Waals surface area contributed by atoms with Crippen molar-refractivity contribution >= 4 is 28.9 Å². The van der Waals surface area contributed by atoms with Gasteiger partial charge in [-0.3, -0.25) is 19.1 Å². The number of rotatable bonds is 6. The molecule has 0 saturated carbocycles. The molecule has 0 fully saturated rings. The van der Waals surface area contributed by atoms with Crippen LogP contribution in [0.4, 0.5) is 0 Å². The van der Waals surface area contributed by atoms with Gasteiger partial charge in [0.1, 0.15) is 10.7 Å². The second-order valence-corrected chi connectivity index (χ2v) is 8.19. The van der Waals surface area contributed by atoms with Crippen molar-refractivity contribution in [2.24, 2.45) is 0 Å². The lowest BCUT2D eigenvalue weighted by molar-refractivity contribution is -0.115. The Morgan fingerprint density at radius 3 is 2.45 bits per heavy atom. The molecule has 2 aromatic heterocycles. The molecule has 0 aliphatic heterocycles. The Morgan fingerprint density at radius 2 is 1.79 bits per heavy atom. The fourth-order valence-corrected chi connectivity index (χ4v) is 4.43. The first-order valence-corrected chi connectivity index (χ1v) is 11.1. The van der Waals surface area contributed by atoms with Gasteiger partial charge in [0.05, 0.1) is 10.2 Å². The molecule has 7 heteroatoms. The Balaban J connectivity index is 1.79. The lowest BCUT2D eigenvalue weighted by Gasteiger charge is -2.06. The second kappa shape index (κ2) is 10.4. The minimum Gasteiger partial charge on any atom is -0.351 e. The van der Waals surface area contributed by atoms with Crippen LogP contribution in [0.2, 0.25) is 0 Å². The monoisotopic (exact) mass is 452 g/mol. The van der Waals surface area contributed by atoms with E-state index in [2.05, 4.69) is 10.3 Å². The highest BCUT2D eigenvalue weighted by Crippen LogP contribution is 2.04. The van der Waals surface area contributed by atoms with Crippen LogP contribution < -0.4 is 20.1 Å². The molecule has 33 heavy (non-hydrogen) atoms. The molecule has 2 aromatic carbocycles. The van der Waals surface area contributed by atoms with Crippen molar-refractivity contribution in [3.05, 3.63) is 116 Å². The van der Waals surface area contributed by atoms with Gasteiger partial charge in [0.2, 0.25) is 0 Å². The summed E-state index contributed by atoms with van der Waals surface area (Å²) in [6.45, 7) is 0.379. The Labute approximate surface area is 194 Å². The number of pyridine rings is 1. The molecular weight excluding hydrogens is 432 g/mol. The third-order valence-electron chi connectivity index (χ3n) is 4.91. The molecule has 6 nitrogen and oxygen atoms in total. The maximum atomic E-state index is 13.3. The summed E-state index contributed by atoms with van der Waals surface area (Å²) in [5, 5.41) is 12.7. The zero-order chi connectivity index (χ0) is 23.0. The molecule has 162 valence electrons. The van der Waals surface area contributed by atoms with Gasteiger partial charge in [0, 0.05) is 18.9 Å². The maximum absolute atomic E-state index is 13.3. The molecule has 4 aromatic rings. The van der Waals surface area contributed by atoms with Crippen molar-refractivity contribution in [2.75, 3.05) is 6.54 Å². The molecule has 0 aliphatic rings. The quantitative estimate of drug-likeness (QED) is 0.486. The molecule has 0 spiro atoms. The van der Waals surface area contributed by atoms with Gasteiger partial charge in [-0.15, -0.1) is 11.3 Å². The Bertz CT molecular complexity index is 1470. The number of carbonyl (C=O) groups excluding carboxylic acids is 1. The van der Waals surface area contributed by atoms with Crippen LogP contribution >= 0.6 is 11.3 Å². The number of amides is 1. The molecule has 4 rings (SSSR count). The first-order valence-electron chi connectivity index (χ1n) is 10.3. The van der Waals surface area contributed by atoms with Crippen molar-refractivity contribution in [3.63, 3.8) is 0 Å². The summed E-state index contributed by atoms with van der Waals surface area (Å²) in [5.41, 5.74) is 2.04. The van der Waals surface area contributed by atoms with E-state index in [4.69, 9.17) is 0 Å². The number of nitrogens with one attached hydrogen (secondary N) is 1. The fourth-order valence-electron chi connectivity index (χ4n) is 3.32. The smallest absolute Gasteiger partial charge is 0.273 e. The largest absolute Gasteiger partial charge is 0.351 e. The summed E-state index contributed by atoms with van der Waals surface area (Å²) in [7, 11) is 0. The van der Waals surface area contributed by atoms with E-state index in [-0.39, 0.29) is 11.1 Å². The SMILES string of the molecule is N#C/C(C(=O)NCCc1ccccc1)=c1\s/c(=C/c2cccnc2)c(=O)n1-c1ccccc1. The van der Waals surface area contributed by atoms with Crippen LogP contribution in [-0.4, -0.2) is 22.0 Å². The first-order chi connectivity index (χ1) is 16.2. The summed E-state index contributed by atoms with van der Waals surface area (Å²) in [4.78, 5) is 30.3. The Hall–Kier alpha value is -4.28. The molecule has 1 amide bonds. The fraction of sp³-hybridized carbons (Fsp3) is 0.0769. The number of carbonyl (C=O) groups is 1. The van der Waals surface area contributed by atoms with Gasteiger partial charge in [-0.1, -0.05) is 54.6 Å². The number of hydrogen-bond acceptors (Lipinski definition) is 5. The summed E-state index contributed by atoms with van der Waals surface area (Å²) in [6, 6.07) is 24.4. The number of nitriles is 1. The number of hydrogen-bond donors (Lipinski definition) is 1. The molecule has 0 radical (unpaired) electrons. The summed E-state index contributed by atoms with van der Waals surface area (Å²) in [5.74, 6) is -0.507. The number of thiazole rings is 1. The molecular formula is C26H20N4O2S. The first kappa shape index (κ1) is 21.9. The molecule has 2 heterocycles. The van der Waals surface area contributed by atoms with Gasteiger partial charge in [0.25, 0.3) is 11.5 Å². The van der Waals surface area contributed by atoms with Crippen LogP contribution in [-0.2, 0) is 11.2 Å². The van der Waals surface area contributed by atoms with Crippen LogP contribution in [0.25, 0.3) is 17.3 Å². The standard InChI is InChI=1S/C26H20N4O2S/c27-17-22(24(31)29-15-13-19-8-3-1-4-9-19)26-30(21-11-5-2-6-12-21)25(32)23(33-26)16-20-10-7-14-28-18-20/h1-12,14,16,18H,13,15H2,(H,29,31)/b23-16+,26-22+. The van der Waals surface area contributed by atoms with E-state index in [1.165, 1.54) is 4.57 Å². The number of benzene rings is 2. The van der Waals surface area contributed by atoms with E-state index in [0.29, 0.717) is 27.8 Å². The van der Waals surface area contributed by atoms with Gasteiger partial charge in [-0.25, -0.2) is 0 Å². The van der Waals surface area contributed by atoms with Crippen molar-refractivity contribution in [1.29, 1.82) is 5.26 Å². The highest BCUT2D eigenvalue weighted by molar-refractivity contribution is 7.07. The minimum absolute atomic E-state index is 0.0974. The van der Waals surface area contributed by atoms with Crippen LogP contribution in [0.15, 0.2) is 90.0 Å². The van der Waals surface area contributed by atoms with Crippen molar-refractivity contribution in [2.45, 2.75) is 6.42 Å². The molecule has 0 aliphatic carbocycles. The van der Waals surface area contributed by atoms with Crippen LogP contribution in [0.1, 0.15) is 11.1 Å². The second-order valence-electron chi connectivity index (χ2n) is 7.16. The highest BCUT2D eigenvalue weighted by Gasteiger charge is 2.16. The molecule has 0 bridgehead atoms.